The summed E-state index contributed by atoms with van der Waals surface area (Å²) >= 11 is 3.50. The van der Waals surface area contributed by atoms with Crippen LogP contribution in [0, 0.1) is 0 Å². The second-order valence-electron chi connectivity index (χ2n) is 7.05. The minimum absolute atomic E-state index is 0. The number of nitrogens with zero attached hydrogens (tertiary/aromatic N) is 5. The van der Waals surface area contributed by atoms with Crippen LogP contribution in [0.1, 0.15) is 38.1 Å². The van der Waals surface area contributed by atoms with E-state index in [9.17, 15) is 0 Å². The maximum absolute atomic E-state index is 4.71. The SMILES string of the molecule is CCNC(=NCc1nncn1CC)NC1CCN(Cc2ccc(Br)cc2)CC1.I. The molecule has 1 aliphatic heterocycles. The Morgan fingerprint density at radius 3 is 2.59 bits per heavy atom. The van der Waals surface area contributed by atoms with E-state index in [1.165, 1.54) is 5.56 Å². The van der Waals surface area contributed by atoms with E-state index in [-0.39, 0.29) is 24.0 Å². The lowest BCUT2D eigenvalue weighted by Gasteiger charge is -2.33. The molecule has 1 aliphatic rings. The van der Waals surface area contributed by atoms with E-state index >= 15 is 0 Å². The third-order valence-electron chi connectivity index (χ3n) is 5.01. The number of piperidine rings is 1. The Morgan fingerprint density at radius 1 is 1.21 bits per heavy atom. The van der Waals surface area contributed by atoms with E-state index in [0.29, 0.717) is 12.6 Å². The highest BCUT2D eigenvalue weighted by molar-refractivity contribution is 14.0. The van der Waals surface area contributed by atoms with Crippen molar-refractivity contribution in [2.45, 2.75) is 52.4 Å². The number of benzene rings is 1. The fourth-order valence-corrected chi connectivity index (χ4v) is 3.68. The van der Waals surface area contributed by atoms with Gasteiger partial charge in [0.1, 0.15) is 12.9 Å². The number of rotatable bonds is 7. The van der Waals surface area contributed by atoms with Gasteiger partial charge < -0.3 is 15.2 Å². The lowest BCUT2D eigenvalue weighted by Crippen LogP contribution is -2.48. The van der Waals surface area contributed by atoms with Crippen LogP contribution in [0.15, 0.2) is 40.1 Å². The molecule has 160 valence electrons. The molecule has 9 heteroatoms. The van der Waals surface area contributed by atoms with Gasteiger partial charge in [-0.2, -0.15) is 0 Å². The largest absolute Gasteiger partial charge is 0.357 e. The molecule has 0 radical (unpaired) electrons. The van der Waals surface area contributed by atoms with Crippen molar-refractivity contribution in [2.24, 2.45) is 4.99 Å². The van der Waals surface area contributed by atoms with E-state index < -0.39 is 0 Å². The zero-order valence-corrected chi connectivity index (χ0v) is 21.1. The molecule has 1 aromatic heterocycles. The summed E-state index contributed by atoms with van der Waals surface area (Å²) in [5.41, 5.74) is 1.37. The molecular formula is C20H31BrIN7. The molecule has 0 aliphatic carbocycles. The van der Waals surface area contributed by atoms with E-state index in [0.717, 1.165) is 61.8 Å². The number of halogens is 2. The monoisotopic (exact) mass is 575 g/mol. The molecule has 0 saturated carbocycles. The molecule has 1 saturated heterocycles. The normalized spacial score (nSPS) is 15.8. The zero-order valence-electron chi connectivity index (χ0n) is 17.1. The minimum atomic E-state index is 0. The number of aliphatic imine (C=N–C) groups is 1. The Morgan fingerprint density at radius 2 is 1.93 bits per heavy atom. The third-order valence-corrected chi connectivity index (χ3v) is 5.54. The first-order valence-electron chi connectivity index (χ1n) is 10.1. The van der Waals surface area contributed by atoms with Crippen molar-refractivity contribution in [3.8, 4) is 0 Å². The first-order valence-corrected chi connectivity index (χ1v) is 10.9. The van der Waals surface area contributed by atoms with Crippen LogP contribution in [-0.2, 0) is 19.6 Å². The summed E-state index contributed by atoms with van der Waals surface area (Å²) in [6.07, 6.45) is 3.99. The van der Waals surface area contributed by atoms with Gasteiger partial charge in [0.2, 0.25) is 0 Å². The molecule has 2 heterocycles. The Kier molecular flexibility index (Phi) is 10.4. The van der Waals surface area contributed by atoms with E-state index in [1.54, 1.807) is 6.33 Å². The highest BCUT2D eigenvalue weighted by Crippen LogP contribution is 2.16. The molecule has 7 nitrogen and oxygen atoms in total. The molecule has 2 aromatic rings. The van der Waals surface area contributed by atoms with Crippen LogP contribution in [0.2, 0.25) is 0 Å². The van der Waals surface area contributed by atoms with Gasteiger partial charge in [-0.1, -0.05) is 28.1 Å². The van der Waals surface area contributed by atoms with Crippen LogP contribution >= 0.6 is 39.9 Å². The maximum Gasteiger partial charge on any atom is 0.191 e. The number of hydrogen-bond donors (Lipinski definition) is 2. The summed E-state index contributed by atoms with van der Waals surface area (Å²) in [6.45, 7) is 9.61. The summed E-state index contributed by atoms with van der Waals surface area (Å²) in [5, 5.41) is 15.1. The average molecular weight is 576 g/mol. The van der Waals surface area contributed by atoms with E-state index in [4.69, 9.17) is 4.99 Å². The molecule has 0 bridgehead atoms. The Hall–Kier alpha value is -1.20. The van der Waals surface area contributed by atoms with E-state index in [1.807, 2.05) is 4.57 Å². The molecule has 0 atom stereocenters. The lowest BCUT2D eigenvalue weighted by molar-refractivity contribution is 0.198. The van der Waals surface area contributed by atoms with Crippen molar-refractivity contribution in [1.29, 1.82) is 0 Å². The highest BCUT2D eigenvalue weighted by Gasteiger charge is 2.20. The molecule has 0 spiro atoms. The van der Waals surface area contributed by atoms with Gasteiger partial charge in [-0.25, -0.2) is 4.99 Å². The average Bonchev–Trinajstić information content (AvgIpc) is 3.17. The van der Waals surface area contributed by atoms with Gasteiger partial charge in [-0.05, 0) is 44.4 Å². The zero-order chi connectivity index (χ0) is 19.8. The van der Waals surface area contributed by atoms with E-state index in [2.05, 4.69) is 79.8 Å². The molecule has 1 aromatic carbocycles. The van der Waals surface area contributed by atoms with Crippen molar-refractivity contribution in [3.63, 3.8) is 0 Å². The topological polar surface area (TPSA) is 70.4 Å². The quantitative estimate of drug-likeness (QED) is 0.301. The lowest BCUT2D eigenvalue weighted by atomic mass is 10.0. The summed E-state index contributed by atoms with van der Waals surface area (Å²) in [4.78, 5) is 7.23. The summed E-state index contributed by atoms with van der Waals surface area (Å²) in [5.74, 6) is 1.75. The Bertz CT molecular complexity index is 754. The van der Waals surface area contributed by atoms with Crippen molar-refractivity contribution in [3.05, 3.63) is 46.5 Å². The van der Waals surface area contributed by atoms with Crippen LogP contribution in [0.25, 0.3) is 0 Å². The van der Waals surface area contributed by atoms with Crippen LogP contribution in [0.5, 0.6) is 0 Å². The highest BCUT2D eigenvalue weighted by atomic mass is 127. The molecule has 1 fully saturated rings. The first kappa shape index (κ1) is 24.1. The molecule has 0 amide bonds. The number of aromatic nitrogens is 3. The van der Waals surface area contributed by atoms with Gasteiger partial charge >= 0.3 is 0 Å². The van der Waals surface area contributed by atoms with Gasteiger partial charge in [-0.3, -0.25) is 4.90 Å². The number of guanidine groups is 1. The van der Waals surface area contributed by atoms with Crippen LogP contribution in [0.4, 0.5) is 0 Å². The number of aryl methyl sites for hydroxylation is 1. The van der Waals surface area contributed by atoms with Gasteiger partial charge in [0, 0.05) is 43.2 Å². The molecular weight excluding hydrogens is 545 g/mol. The maximum atomic E-state index is 4.71. The van der Waals surface area contributed by atoms with Crippen molar-refractivity contribution >= 4 is 45.9 Å². The fourth-order valence-electron chi connectivity index (χ4n) is 3.41. The molecule has 2 N–H and O–H groups in total. The third kappa shape index (κ3) is 7.53. The first-order chi connectivity index (χ1) is 13.7. The van der Waals surface area contributed by atoms with Crippen molar-refractivity contribution in [2.75, 3.05) is 19.6 Å². The van der Waals surface area contributed by atoms with Crippen LogP contribution < -0.4 is 10.6 Å². The summed E-state index contributed by atoms with van der Waals surface area (Å²) in [7, 11) is 0. The van der Waals surface area contributed by atoms with Gasteiger partial charge in [0.25, 0.3) is 0 Å². The van der Waals surface area contributed by atoms with Crippen molar-refractivity contribution < 1.29 is 0 Å². The molecule has 0 unspecified atom stereocenters. The van der Waals surface area contributed by atoms with Gasteiger partial charge in [0.15, 0.2) is 11.8 Å². The van der Waals surface area contributed by atoms with Crippen LogP contribution in [0.3, 0.4) is 0 Å². The Labute approximate surface area is 198 Å². The number of likely N-dealkylation sites (tertiary alicyclic amines) is 1. The molecule has 3 rings (SSSR count). The number of nitrogens with one attached hydrogen (secondary N) is 2. The summed E-state index contributed by atoms with van der Waals surface area (Å²) < 4.78 is 3.15. The van der Waals surface area contributed by atoms with Crippen molar-refractivity contribution in [1.82, 2.24) is 30.3 Å². The van der Waals surface area contributed by atoms with Gasteiger partial charge in [-0.15, -0.1) is 34.2 Å². The summed E-state index contributed by atoms with van der Waals surface area (Å²) in [6, 6.07) is 9.06. The smallest absolute Gasteiger partial charge is 0.191 e. The Balaban J connectivity index is 0.00000300. The predicted octanol–water partition coefficient (Wildman–Crippen LogP) is 3.40. The fraction of sp³-hybridized carbons (Fsp3) is 0.550. The second-order valence-corrected chi connectivity index (χ2v) is 7.97. The predicted molar refractivity (Wildman–Crippen MR) is 132 cm³/mol. The van der Waals surface area contributed by atoms with Gasteiger partial charge in [0.05, 0.1) is 0 Å². The second kappa shape index (κ2) is 12.5. The van der Waals surface area contributed by atoms with Crippen LogP contribution in [-0.4, -0.2) is 51.3 Å². The molecule has 29 heavy (non-hydrogen) atoms. The standard InChI is InChI=1S/C20H30BrN7.HI/c1-3-22-20(23-13-19-26-24-15-28(19)4-2)25-18-9-11-27(12-10-18)14-16-5-7-17(21)8-6-16;/h5-8,15,18H,3-4,9-14H2,1-2H3,(H2,22,23,25);1H. The number of hydrogen-bond acceptors (Lipinski definition) is 4. The minimum Gasteiger partial charge on any atom is -0.357 e.